The summed E-state index contributed by atoms with van der Waals surface area (Å²) in [5, 5.41) is 0. The van der Waals surface area contributed by atoms with Gasteiger partial charge in [-0.2, -0.15) is 0 Å². The van der Waals surface area contributed by atoms with Crippen LogP contribution in [-0.2, 0) is 13.2 Å². The molecule has 1 atom stereocenters. The summed E-state index contributed by atoms with van der Waals surface area (Å²) < 4.78 is 13.6. The average Bonchev–Trinajstić information content (AvgIpc) is 3.30. The zero-order chi connectivity index (χ0) is 15.9. The molecule has 1 aromatic carbocycles. The molecular weight excluding hydrogens is 320 g/mol. The molecule has 126 valence electrons. The van der Waals surface area contributed by atoms with Crippen LogP contribution in [0.5, 0.6) is 5.75 Å². The lowest BCUT2D eigenvalue weighted by atomic mass is 9.84. The van der Waals surface area contributed by atoms with Crippen LogP contribution >= 0.6 is 11.9 Å². The summed E-state index contributed by atoms with van der Waals surface area (Å²) in [5.74, 6) is 1.83. The summed E-state index contributed by atoms with van der Waals surface area (Å²) in [6.45, 7) is 5.48. The molecule has 0 unspecified atom stereocenters. The molecule has 0 amide bonds. The molecule has 0 N–H and O–H groups in total. The number of hydrogen-bond donors (Lipinski definition) is 0. The highest BCUT2D eigenvalue weighted by molar-refractivity contribution is 7.97. The van der Waals surface area contributed by atoms with Crippen molar-refractivity contribution in [2.45, 2.75) is 36.9 Å². The van der Waals surface area contributed by atoms with E-state index >= 15 is 0 Å². The largest absolute Gasteiger partial charge is 0.489 e. The van der Waals surface area contributed by atoms with Crippen molar-refractivity contribution in [2.75, 3.05) is 19.6 Å². The lowest BCUT2D eigenvalue weighted by Crippen LogP contribution is -2.54. The molecule has 1 aromatic heterocycles. The van der Waals surface area contributed by atoms with Crippen LogP contribution in [0.25, 0.3) is 0 Å². The van der Waals surface area contributed by atoms with Crippen LogP contribution in [0.15, 0.2) is 46.1 Å². The number of hydrogen-bond acceptors (Lipinski definition) is 5. The minimum absolute atomic E-state index is 0.559. The standard InChI is InChI=1S/C19H22N2O2S/c1-2-17(23-13-14-5-8-22-12-14)9-19-16(1)10-21(24-19)18-11-20-6-3-15(18)4-7-20/h1-2,5,8-9,12,15,18H,3-4,6-7,10-11,13H2/t18-/m1/s1. The molecule has 3 fully saturated rings. The molecule has 0 saturated carbocycles. The predicted molar refractivity (Wildman–Crippen MR) is 93.8 cm³/mol. The van der Waals surface area contributed by atoms with Gasteiger partial charge in [-0.1, -0.05) is 6.07 Å². The van der Waals surface area contributed by atoms with Gasteiger partial charge < -0.3 is 14.1 Å². The third-order valence-corrected chi connectivity index (χ3v) is 6.77. The number of furan rings is 1. The van der Waals surface area contributed by atoms with Crippen molar-refractivity contribution in [3.63, 3.8) is 0 Å². The zero-order valence-corrected chi connectivity index (χ0v) is 14.5. The highest BCUT2D eigenvalue weighted by atomic mass is 32.2. The van der Waals surface area contributed by atoms with Gasteiger partial charge in [-0.05, 0) is 67.6 Å². The second-order valence-corrected chi connectivity index (χ2v) is 8.15. The molecule has 0 aliphatic carbocycles. The van der Waals surface area contributed by atoms with Gasteiger partial charge >= 0.3 is 0 Å². The molecule has 2 aromatic rings. The molecule has 4 aliphatic rings. The van der Waals surface area contributed by atoms with Gasteiger partial charge in [0.2, 0.25) is 0 Å². The maximum Gasteiger partial charge on any atom is 0.121 e. The highest BCUT2D eigenvalue weighted by Gasteiger charge is 2.39. The first kappa shape index (κ1) is 14.9. The molecule has 4 nitrogen and oxygen atoms in total. The van der Waals surface area contributed by atoms with Gasteiger partial charge in [-0.25, -0.2) is 4.31 Å². The fourth-order valence-corrected chi connectivity index (χ4v) is 5.40. The number of fused-ring (bicyclic) bond motifs is 4. The molecule has 4 aliphatic heterocycles. The smallest absolute Gasteiger partial charge is 0.121 e. The minimum Gasteiger partial charge on any atom is -0.489 e. The van der Waals surface area contributed by atoms with Crippen molar-refractivity contribution in [1.82, 2.24) is 9.21 Å². The van der Waals surface area contributed by atoms with Crippen LogP contribution in [0.2, 0.25) is 0 Å². The SMILES string of the molecule is c1cc(COc2ccc3c(c2)SN([C@@H]2CN4CCC2CC4)C3)co1. The first-order valence-corrected chi connectivity index (χ1v) is 9.56. The van der Waals surface area contributed by atoms with E-state index < -0.39 is 0 Å². The fraction of sp³-hybridized carbons (Fsp3) is 0.474. The Balaban J connectivity index is 1.27. The van der Waals surface area contributed by atoms with E-state index in [2.05, 4.69) is 27.4 Å². The van der Waals surface area contributed by atoms with Crippen molar-refractivity contribution in [3.05, 3.63) is 47.9 Å². The van der Waals surface area contributed by atoms with Gasteiger partial charge in [0.15, 0.2) is 0 Å². The van der Waals surface area contributed by atoms with E-state index in [-0.39, 0.29) is 0 Å². The van der Waals surface area contributed by atoms with E-state index in [9.17, 15) is 0 Å². The van der Waals surface area contributed by atoms with E-state index in [0.717, 1.165) is 23.8 Å². The Kier molecular flexibility index (Phi) is 3.80. The van der Waals surface area contributed by atoms with Crippen molar-refractivity contribution < 1.29 is 9.15 Å². The third kappa shape index (κ3) is 2.75. The van der Waals surface area contributed by atoms with Gasteiger partial charge in [0.1, 0.15) is 12.4 Å². The number of rotatable bonds is 4. The highest BCUT2D eigenvalue weighted by Crippen LogP contribution is 2.43. The molecule has 2 bridgehead atoms. The third-order valence-electron chi connectivity index (χ3n) is 5.56. The normalized spacial score (nSPS) is 28.9. The summed E-state index contributed by atoms with van der Waals surface area (Å²) in [6, 6.07) is 9.17. The van der Waals surface area contributed by atoms with Gasteiger partial charge in [-0.3, -0.25) is 0 Å². The van der Waals surface area contributed by atoms with E-state index in [1.54, 1.807) is 12.5 Å². The molecule has 5 heterocycles. The van der Waals surface area contributed by atoms with E-state index in [1.165, 1.54) is 42.9 Å². The van der Waals surface area contributed by atoms with Crippen molar-refractivity contribution in [1.29, 1.82) is 0 Å². The molecule has 24 heavy (non-hydrogen) atoms. The van der Waals surface area contributed by atoms with Crippen LogP contribution in [-0.4, -0.2) is 34.9 Å². The summed E-state index contributed by atoms with van der Waals surface area (Å²) in [7, 11) is 0. The van der Waals surface area contributed by atoms with E-state index in [1.807, 2.05) is 18.0 Å². The summed E-state index contributed by atoms with van der Waals surface area (Å²) in [5.41, 5.74) is 2.50. The Hall–Kier alpha value is -1.43. The minimum atomic E-state index is 0.559. The summed E-state index contributed by atoms with van der Waals surface area (Å²) >= 11 is 1.93. The maximum atomic E-state index is 5.91. The molecule has 6 rings (SSSR count). The van der Waals surface area contributed by atoms with Crippen LogP contribution in [0, 0.1) is 5.92 Å². The molecule has 5 heteroatoms. The fourth-order valence-electron chi connectivity index (χ4n) is 4.15. The molecule has 0 spiro atoms. The van der Waals surface area contributed by atoms with Crippen LogP contribution in [0.3, 0.4) is 0 Å². The van der Waals surface area contributed by atoms with Crippen molar-refractivity contribution >= 4 is 11.9 Å². The van der Waals surface area contributed by atoms with E-state index in [4.69, 9.17) is 9.15 Å². The summed E-state index contributed by atoms with van der Waals surface area (Å²) in [6.07, 6.45) is 6.16. The zero-order valence-electron chi connectivity index (χ0n) is 13.7. The van der Waals surface area contributed by atoms with Gasteiger partial charge in [0, 0.05) is 29.6 Å². The molecule has 3 saturated heterocycles. The lowest BCUT2D eigenvalue weighted by molar-refractivity contribution is 0.0420. The Labute approximate surface area is 146 Å². The Bertz CT molecular complexity index is 710. The first-order chi connectivity index (χ1) is 11.8. The van der Waals surface area contributed by atoms with Crippen LogP contribution < -0.4 is 4.74 Å². The number of ether oxygens (including phenoxy) is 1. The maximum absolute atomic E-state index is 5.91. The Morgan fingerprint density at radius 2 is 2.12 bits per heavy atom. The quantitative estimate of drug-likeness (QED) is 0.789. The van der Waals surface area contributed by atoms with Gasteiger partial charge in [-0.15, -0.1) is 0 Å². The summed E-state index contributed by atoms with van der Waals surface area (Å²) in [4.78, 5) is 3.99. The number of piperidine rings is 3. The first-order valence-electron chi connectivity index (χ1n) is 8.79. The Morgan fingerprint density at radius 3 is 2.88 bits per heavy atom. The number of nitrogens with zero attached hydrogens (tertiary/aromatic N) is 2. The monoisotopic (exact) mass is 342 g/mol. The number of benzene rings is 1. The Morgan fingerprint density at radius 1 is 1.21 bits per heavy atom. The van der Waals surface area contributed by atoms with Crippen molar-refractivity contribution in [2.24, 2.45) is 5.92 Å². The molecule has 0 radical (unpaired) electrons. The topological polar surface area (TPSA) is 28.9 Å². The average molecular weight is 342 g/mol. The van der Waals surface area contributed by atoms with Gasteiger partial charge in [0.05, 0.1) is 12.5 Å². The molecular formula is C19H22N2O2S. The van der Waals surface area contributed by atoms with E-state index in [0.29, 0.717) is 12.6 Å². The lowest BCUT2D eigenvalue weighted by Gasteiger charge is -2.47. The second-order valence-electron chi connectivity index (χ2n) is 7.06. The van der Waals surface area contributed by atoms with Crippen molar-refractivity contribution in [3.8, 4) is 5.75 Å². The van der Waals surface area contributed by atoms with Crippen LogP contribution in [0.1, 0.15) is 24.0 Å². The van der Waals surface area contributed by atoms with Crippen LogP contribution in [0.4, 0.5) is 0 Å². The second kappa shape index (κ2) is 6.14. The predicted octanol–water partition coefficient (Wildman–Crippen LogP) is 3.78. The van der Waals surface area contributed by atoms with Gasteiger partial charge in [0.25, 0.3) is 0 Å².